The van der Waals surface area contributed by atoms with Gasteiger partial charge in [-0.15, -0.1) is 0 Å². The van der Waals surface area contributed by atoms with Gasteiger partial charge >= 0.3 is 12.3 Å². The van der Waals surface area contributed by atoms with Crippen LogP contribution in [0.4, 0.5) is 23.2 Å². The number of halogens is 4. The van der Waals surface area contributed by atoms with Gasteiger partial charge < -0.3 is 10.5 Å². The maximum absolute atomic E-state index is 12.4. The number of anilines is 1. The molecular weight excluding hydrogens is 216 g/mol. The molecule has 15 heavy (non-hydrogen) atoms. The van der Waals surface area contributed by atoms with Crippen molar-refractivity contribution in [2.75, 3.05) is 12.3 Å². The van der Waals surface area contributed by atoms with Gasteiger partial charge in [0.2, 0.25) is 5.88 Å². The summed E-state index contributed by atoms with van der Waals surface area (Å²) in [5.74, 6) is -4.48. The molecule has 0 amide bonds. The summed E-state index contributed by atoms with van der Waals surface area (Å²) < 4.78 is 52.7. The number of aromatic nitrogens is 1. The van der Waals surface area contributed by atoms with Crippen LogP contribution in [0.5, 0.6) is 5.88 Å². The van der Waals surface area contributed by atoms with Gasteiger partial charge in [-0.3, -0.25) is 0 Å². The Morgan fingerprint density at radius 2 is 2.13 bits per heavy atom. The van der Waals surface area contributed by atoms with E-state index in [-0.39, 0.29) is 11.6 Å². The predicted molar refractivity (Wildman–Crippen MR) is 45.1 cm³/mol. The summed E-state index contributed by atoms with van der Waals surface area (Å²) in [4.78, 5) is 3.52. The number of ether oxygens (including phenoxy) is 1. The lowest BCUT2D eigenvalue weighted by Gasteiger charge is -2.15. The van der Waals surface area contributed by atoms with Crippen LogP contribution in [0.3, 0.4) is 0 Å². The van der Waals surface area contributed by atoms with E-state index in [1.54, 1.807) is 0 Å². The van der Waals surface area contributed by atoms with E-state index < -0.39 is 19.0 Å². The van der Waals surface area contributed by atoms with Crippen LogP contribution >= 0.6 is 0 Å². The average Bonchev–Trinajstić information content (AvgIpc) is 2.16. The Kier molecular flexibility index (Phi) is 3.33. The molecule has 7 heteroatoms. The highest BCUT2D eigenvalue weighted by atomic mass is 19.3. The van der Waals surface area contributed by atoms with Gasteiger partial charge in [0.05, 0.1) is 5.69 Å². The standard InChI is InChI=1S/C8H8F4N2O/c9-7(10)8(11,12)4-15-6-5(13)2-1-3-14-6/h1-3,7H,4,13H2. The molecule has 0 bridgehead atoms. The number of nitrogens with two attached hydrogens (primary N) is 1. The topological polar surface area (TPSA) is 48.1 Å². The van der Waals surface area contributed by atoms with Crippen LogP contribution in [-0.4, -0.2) is 23.9 Å². The van der Waals surface area contributed by atoms with Crippen molar-refractivity contribution in [3.05, 3.63) is 18.3 Å². The first kappa shape index (κ1) is 11.5. The molecule has 2 N–H and O–H groups in total. The van der Waals surface area contributed by atoms with Gasteiger partial charge in [0.1, 0.15) is 0 Å². The van der Waals surface area contributed by atoms with Gasteiger partial charge in [0, 0.05) is 6.20 Å². The zero-order valence-electron chi connectivity index (χ0n) is 7.46. The Morgan fingerprint density at radius 3 is 2.67 bits per heavy atom. The molecule has 0 fully saturated rings. The summed E-state index contributed by atoms with van der Waals surface area (Å²) in [6.07, 6.45) is -2.52. The summed E-state index contributed by atoms with van der Waals surface area (Å²) >= 11 is 0. The van der Waals surface area contributed by atoms with Crippen molar-refractivity contribution in [1.82, 2.24) is 4.98 Å². The van der Waals surface area contributed by atoms with Crippen molar-refractivity contribution in [3.63, 3.8) is 0 Å². The molecule has 84 valence electrons. The van der Waals surface area contributed by atoms with Crippen molar-refractivity contribution < 1.29 is 22.3 Å². The molecule has 0 radical (unpaired) electrons. The number of hydrogen-bond donors (Lipinski definition) is 1. The number of nitrogen functional groups attached to an aromatic ring is 1. The molecule has 0 saturated heterocycles. The van der Waals surface area contributed by atoms with E-state index >= 15 is 0 Å². The quantitative estimate of drug-likeness (QED) is 0.795. The van der Waals surface area contributed by atoms with Crippen LogP contribution < -0.4 is 10.5 Å². The van der Waals surface area contributed by atoms with Crippen molar-refractivity contribution in [2.24, 2.45) is 0 Å². The highest BCUT2D eigenvalue weighted by Crippen LogP contribution is 2.25. The highest BCUT2D eigenvalue weighted by Gasteiger charge is 2.41. The summed E-state index contributed by atoms with van der Waals surface area (Å²) in [7, 11) is 0. The van der Waals surface area contributed by atoms with Crippen molar-refractivity contribution >= 4 is 5.69 Å². The van der Waals surface area contributed by atoms with E-state index in [1.807, 2.05) is 0 Å². The number of hydrogen-bond acceptors (Lipinski definition) is 3. The molecule has 1 rings (SSSR count). The van der Waals surface area contributed by atoms with E-state index in [0.717, 1.165) is 0 Å². The molecule has 0 aromatic carbocycles. The molecule has 0 aliphatic rings. The van der Waals surface area contributed by atoms with E-state index in [4.69, 9.17) is 5.73 Å². The van der Waals surface area contributed by atoms with Crippen LogP contribution in [0, 0.1) is 0 Å². The third-order valence-corrected chi connectivity index (χ3v) is 1.52. The molecule has 1 aromatic rings. The first-order valence-electron chi connectivity index (χ1n) is 3.93. The Labute approximate surface area is 82.9 Å². The normalized spacial score (nSPS) is 11.8. The van der Waals surface area contributed by atoms with Gasteiger partial charge in [-0.1, -0.05) is 0 Å². The molecule has 0 spiro atoms. The smallest absolute Gasteiger partial charge is 0.340 e. The minimum Gasteiger partial charge on any atom is -0.470 e. The molecule has 0 saturated carbocycles. The Morgan fingerprint density at radius 1 is 1.47 bits per heavy atom. The van der Waals surface area contributed by atoms with E-state index in [2.05, 4.69) is 9.72 Å². The van der Waals surface area contributed by atoms with Gasteiger partial charge in [-0.25, -0.2) is 13.8 Å². The van der Waals surface area contributed by atoms with Crippen molar-refractivity contribution in [1.29, 1.82) is 0 Å². The van der Waals surface area contributed by atoms with E-state index in [0.29, 0.717) is 0 Å². The highest BCUT2D eigenvalue weighted by molar-refractivity contribution is 5.46. The lowest BCUT2D eigenvalue weighted by atomic mass is 10.4. The van der Waals surface area contributed by atoms with Crippen molar-refractivity contribution in [3.8, 4) is 5.88 Å². The summed E-state index contributed by atoms with van der Waals surface area (Å²) in [6, 6.07) is 2.83. The summed E-state index contributed by atoms with van der Waals surface area (Å²) in [5, 5.41) is 0. The number of alkyl halides is 4. The van der Waals surface area contributed by atoms with Gasteiger partial charge in [-0.05, 0) is 12.1 Å². The molecule has 3 nitrogen and oxygen atoms in total. The molecule has 0 aliphatic carbocycles. The lowest BCUT2D eigenvalue weighted by molar-refractivity contribution is -0.148. The largest absolute Gasteiger partial charge is 0.470 e. The Bertz CT molecular complexity index is 332. The summed E-state index contributed by atoms with van der Waals surface area (Å²) in [5.41, 5.74) is 5.32. The van der Waals surface area contributed by atoms with Crippen LogP contribution in [0.2, 0.25) is 0 Å². The Balaban J connectivity index is 2.62. The van der Waals surface area contributed by atoms with Crippen LogP contribution in [0.25, 0.3) is 0 Å². The maximum atomic E-state index is 12.4. The third-order valence-electron chi connectivity index (χ3n) is 1.52. The van der Waals surface area contributed by atoms with E-state index in [1.165, 1.54) is 18.3 Å². The number of rotatable bonds is 4. The minimum absolute atomic E-state index is 0.0163. The van der Waals surface area contributed by atoms with E-state index in [9.17, 15) is 17.6 Å². The predicted octanol–water partition coefficient (Wildman–Crippen LogP) is 1.94. The molecule has 0 atom stereocenters. The number of pyridine rings is 1. The molecule has 1 aromatic heterocycles. The molecular formula is C8H8F4N2O. The van der Waals surface area contributed by atoms with Crippen molar-refractivity contribution in [2.45, 2.75) is 12.3 Å². The zero-order valence-corrected chi connectivity index (χ0v) is 7.46. The first-order valence-corrected chi connectivity index (χ1v) is 3.93. The van der Waals surface area contributed by atoms with Gasteiger partial charge in [-0.2, -0.15) is 8.78 Å². The fraction of sp³-hybridized carbons (Fsp3) is 0.375. The second-order valence-corrected chi connectivity index (χ2v) is 2.75. The SMILES string of the molecule is Nc1cccnc1OCC(F)(F)C(F)F. The van der Waals surface area contributed by atoms with Crippen LogP contribution in [0.1, 0.15) is 0 Å². The fourth-order valence-electron chi connectivity index (χ4n) is 0.751. The first-order chi connectivity index (χ1) is 6.93. The second kappa shape index (κ2) is 4.33. The fourth-order valence-corrected chi connectivity index (χ4v) is 0.751. The van der Waals surface area contributed by atoms with Gasteiger partial charge in [0.25, 0.3) is 0 Å². The molecule has 0 aliphatic heterocycles. The Hall–Kier alpha value is -1.53. The van der Waals surface area contributed by atoms with Crippen LogP contribution in [-0.2, 0) is 0 Å². The average molecular weight is 224 g/mol. The monoisotopic (exact) mass is 224 g/mol. The molecule has 0 unspecified atom stereocenters. The summed E-state index contributed by atoms with van der Waals surface area (Å²) in [6.45, 7) is -1.45. The second-order valence-electron chi connectivity index (χ2n) is 2.75. The van der Waals surface area contributed by atoms with Crippen LogP contribution in [0.15, 0.2) is 18.3 Å². The number of nitrogens with zero attached hydrogens (tertiary/aromatic N) is 1. The lowest BCUT2D eigenvalue weighted by Crippen LogP contribution is -2.34. The molecule has 1 heterocycles. The minimum atomic E-state index is -4.20. The third kappa shape index (κ3) is 2.97. The maximum Gasteiger partial charge on any atom is 0.340 e. The zero-order chi connectivity index (χ0) is 11.5. The van der Waals surface area contributed by atoms with Gasteiger partial charge in [0.15, 0.2) is 6.61 Å².